The summed E-state index contributed by atoms with van der Waals surface area (Å²) >= 11 is 0. The van der Waals surface area contributed by atoms with E-state index < -0.39 is 22.7 Å². The molecule has 0 aliphatic rings. The van der Waals surface area contributed by atoms with E-state index in [0.717, 1.165) is 0 Å². The van der Waals surface area contributed by atoms with Crippen LogP contribution in [0.15, 0.2) is 48.5 Å². The van der Waals surface area contributed by atoms with Crippen LogP contribution in [-0.4, -0.2) is 22.8 Å². The van der Waals surface area contributed by atoms with Gasteiger partial charge in [-0.3, -0.25) is 14.9 Å². The molecule has 0 radical (unpaired) electrons. The van der Waals surface area contributed by atoms with Crippen molar-refractivity contribution < 1.29 is 14.1 Å². The lowest BCUT2D eigenvalue weighted by Gasteiger charge is -2.25. The predicted molar refractivity (Wildman–Crippen MR) is 80.0 cm³/mol. The molecule has 0 heterocycles. The SMILES string of the molecule is C[C@H](c1cccc([N+](=O)[O-])c1)N(C)C(=O)c1ccccc1F. The van der Waals surface area contributed by atoms with E-state index in [0.29, 0.717) is 5.56 Å². The molecule has 0 aliphatic carbocycles. The van der Waals surface area contributed by atoms with Crippen LogP contribution in [0.25, 0.3) is 0 Å². The summed E-state index contributed by atoms with van der Waals surface area (Å²) in [6.45, 7) is 1.73. The first kappa shape index (κ1) is 15.6. The number of amides is 1. The van der Waals surface area contributed by atoms with Crippen molar-refractivity contribution in [1.82, 2.24) is 4.90 Å². The van der Waals surface area contributed by atoms with Gasteiger partial charge >= 0.3 is 0 Å². The Labute approximate surface area is 127 Å². The molecule has 2 aromatic rings. The van der Waals surface area contributed by atoms with Crippen LogP contribution in [0.1, 0.15) is 28.9 Å². The van der Waals surface area contributed by atoms with E-state index in [1.54, 1.807) is 25.1 Å². The van der Waals surface area contributed by atoms with Gasteiger partial charge < -0.3 is 4.90 Å². The molecule has 22 heavy (non-hydrogen) atoms. The third-order valence-electron chi connectivity index (χ3n) is 3.57. The highest BCUT2D eigenvalue weighted by Gasteiger charge is 2.22. The lowest BCUT2D eigenvalue weighted by molar-refractivity contribution is -0.384. The standard InChI is InChI=1S/C16H15FN2O3/c1-11(12-6-5-7-13(10-12)19(21)22)18(2)16(20)14-8-3-4-9-15(14)17/h3-11H,1-2H3/t11-/m1/s1. The molecular formula is C16H15FN2O3. The van der Waals surface area contributed by atoms with Crippen molar-refractivity contribution in [2.24, 2.45) is 0 Å². The lowest BCUT2D eigenvalue weighted by Crippen LogP contribution is -2.30. The van der Waals surface area contributed by atoms with E-state index in [1.165, 1.54) is 42.3 Å². The normalized spacial score (nSPS) is 11.8. The number of nitro benzene ring substituents is 1. The molecule has 0 bridgehead atoms. The van der Waals surface area contributed by atoms with Crippen LogP contribution < -0.4 is 0 Å². The summed E-state index contributed by atoms with van der Waals surface area (Å²) in [5, 5.41) is 10.8. The van der Waals surface area contributed by atoms with Gasteiger partial charge in [0.25, 0.3) is 11.6 Å². The highest BCUT2D eigenvalue weighted by Crippen LogP contribution is 2.24. The highest BCUT2D eigenvalue weighted by molar-refractivity contribution is 5.94. The largest absolute Gasteiger partial charge is 0.335 e. The fourth-order valence-corrected chi connectivity index (χ4v) is 2.12. The van der Waals surface area contributed by atoms with Gasteiger partial charge in [-0.1, -0.05) is 24.3 Å². The Kier molecular flexibility index (Phi) is 4.50. The van der Waals surface area contributed by atoms with Crippen LogP contribution in [0.4, 0.5) is 10.1 Å². The Hall–Kier alpha value is -2.76. The first-order valence-electron chi connectivity index (χ1n) is 6.68. The van der Waals surface area contributed by atoms with Gasteiger partial charge in [-0.15, -0.1) is 0 Å². The third-order valence-corrected chi connectivity index (χ3v) is 3.57. The molecule has 6 heteroatoms. The molecule has 0 spiro atoms. The summed E-state index contributed by atoms with van der Waals surface area (Å²) in [6.07, 6.45) is 0. The molecule has 0 unspecified atom stereocenters. The molecule has 0 saturated heterocycles. The van der Waals surface area contributed by atoms with Crippen LogP contribution in [0.5, 0.6) is 0 Å². The third kappa shape index (κ3) is 3.11. The average molecular weight is 302 g/mol. The fraction of sp³-hybridized carbons (Fsp3) is 0.188. The van der Waals surface area contributed by atoms with E-state index in [1.807, 2.05) is 0 Å². The summed E-state index contributed by atoms with van der Waals surface area (Å²) in [5.41, 5.74) is 0.541. The van der Waals surface area contributed by atoms with Crippen molar-refractivity contribution in [3.8, 4) is 0 Å². The number of non-ortho nitro benzene ring substituents is 1. The Bertz CT molecular complexity index is 718. The van der Waals surface area contributed by atoms with Crippen molar-refractivity contribution in [2.75, 3.05) is 7.05 Å². The molecule has 0 aliphatic heterocycles. The average Bonchev–Trinajstić information content (AvgIpc) is 2.53. The van der Waals surface area contributed by atoms with Crippen molar-refractivity contribution in [3.63, 3.8) is 0 Å². The van der Waals surface area contributed by atoms with Gasteiger partial charge in [-0.2, -0.15) is 0 Å². The fourth-order valence-electron chi connectivity index (χ4n) is 2.12. The van der Waals surface area contributed by atoms with Crippen molar-refractivity contribution in [1.29, 1.82) is 0 Å². The molecule has 0 N–H and O–H groups in total. The molecule has 1 amide bonds. The molecule has 0 aromatic heterocycles. The van der Waals surface area contributed by atoms with Crippen LogP contribution in [0.3, 0.4) is 0 Å². The summed E-state index contributed by atoms with van der Waals surface area (Å²) < 4.78 is 13.7. The van der Waals surface area contributed by atoms with E-state index in [2.05, 4.69) is 0 Å². The Balaban J connectivity index is 2.27. The predicted octanol–water partition coefficient (Wildman–Crippen LogP) is 3.57. The highest BCUT2D eigenvalue weighted by atomic mass is 19.1. The monoisotopic (exact) mass is 302 g/mol. The number of hydrogen-bond acceptors (Lipinski definition) is 3. The van der Waals surface area contributed by atoms with Gasteiger partial charge in [0.15, 0.2) is 0 Å². The van der Waals surface area contributed by atoms with Crippen molar-refractivity contribution >= 4 is 11.6 Å². The van der Waals surface area contributed by atoms with E-state index in [9.17, 15) is 19.3 Å². The van der Waals surface area contributed by atoms with Gasteiger partial charge in [-0.25, -0.2) is 4.39 Å². The maximum absolute atomic E-state index is 13.7. The van der Waals surface area contributed by atoms with Gasteiger partial charge in [-0.05, 0) is 24.6 Å². The summed E-state index contributed by atoms with van der Waals surface area (Å²) in [6, 6.07) is 11.4. The molecule has 1 atom stereocenters. The second-order valence-electron chi connectivity index (χ2n) is 4.92. The minimum atomic E-state index is -0.592. The van der Waals surface area contributed by atoms with E-state index in [-0.39, 0.29) is 11.3 Å². The number of rotatable bonds is 4. The van der Waals surface area contributed by atoms with Gasteiger partial charge in [0.1, 0.15) is 5.82 Å². The molecule has 0 fully saturated rings. The molecule has 2 aromatic carbocycles. The number of nitro groups is 1. The quantitative estimate of drug-likeness (QED) is 0.640. The summed E-state index contributed by atoms with van der Waals surface area (Å²) in [4.78, 5) is 24.0. The smallest absolute Gasteiger partial charge is 0.269 e. The van der Waals surface area contributed by atoms with Crippen LogP contribution >= 0.6 is 0 Å². The number of benzene rings is 2. The maximum atomic E-state index is 13.7. The first-order valence-corrected chi connectivity index (χ1v) is 6.68. The summed E-state index contributed by atoms with van der Waals surface area (Å²) in [7, 11) is 1.54. The second kappa shape index (κ2) is 6.34. The van der Waals surface area contributed by atoms with Crippen LogP contribution in [0, 0.1) is 15.9 Å². The minimum absolute atomic E-state index is 0.0257. The Morgan fingerprint density at radius 3 is 2.55 bits per heavy atom. The zero-order valence-electron chi connectivity index (χ0n) is 12.2. The van der Waals surface area contributed by atoms with E-state index in [4.69, 9.17) is 0 Å². The number of nitrogens with zero attached hydrogens (tertiary/aromatic N) is 2. The van der Waals surface area contributed by atoms with E-state index >= 15 is 0 Å². The van der Waals surface area contributed by atoms with Crippen molar-refractivity contribution in [3.05, 3.63) is 75.6 Å². The summed E-state index contributed by atoms with van der Waals surface area (Å²) in [5.74, 6) is -1.07. The lowest BCUT2D eigenvalue weighted by atomic mass is 10.1. The number of hydrogen-bond donors (Lipinski definition) is 0. The molecule has 0 saturated carbocycles. The van der Waals surface area contributed by atoms with Gasteiger partial charge in [0, 0.05) is 19.2 Å². The molecule has 2 rings (SSSR count). The Morgan fingerprint density at radius 1 is 1.23 bits per heavy atom. The molecular weight excluding hydrogens is 287 g/mol. The molecule has 114 valence electrons. The number of carbonyl (C=O) groups excluding carboxylic acids is 1. The zero-order chi connectivity index (χ0) is 16.3. The minimum Gasteiger partial charge on any atom is -0.335 e. The maximum Gasteiger partial charge on any atom is 0.269 e. The van der Waals surface area contributed by atoms with Crippen molar-refractivity contribution in [2.45, 2.75) is 13.0 Å². The first-order chi connectivity index (χ1) is 10.4. The van der Waals surface area contributed by atoms with Gasteiger partial charge in [0.2, 0.25) is 0 Å². The topological polar surface area (TPSA) is 63.5 Å². The van der Waals surface area contributed by atoms with Gasteiger partial charge in [0.05, 0.1) is 16.5 Å². The number of carbonyl (C=O) groups is 1. The Morgan fingerprint density at radius 2 is 1.91 bits per heavy atom. The zero-order valence-corrected chi connectivity index (χ0v) is 12.2. The second-order valence-corrected chi connectivity index (χ2v) is 4.92. The van der Waals surface area contributed by atoms with Crippen LogP contribution in [-0.2, 0) is 0 Å². The number of halogens is 1. The molecule has 5 nitrogen and oxygen atoms in total. The van der Waals surface area contributed by atoms with Crippen LogP contribution in [0.2, 0.25) is 0 Å².